The zero-order valence-corrected chi connectivity index (χ0v) is 12.0. The highest BCUT2D eigenvalue weighted by molar-refractivity contribution is 5.94. The second-order valence-electron chi connectivity index (χ2n) is 5.18. The van der Waals surface area contributed by atoms with Crippen LogP contribution in [0.25, 0.3) is 33.3 Å². The van der Waals surface area contributed by atoms with E-state index in [9.17, 15) is 0 Å². The topological polar surface area (TPSA) is 25.8 Å². The fourth-order valence-electron chi connectivity index (χ4n) is 2.69. The summed E-state index contributed by atoms with van der Waals surface area (Å²) < 4.78 is 0. The van der Waals surface area contributed by atoms with Crippen molar-refractivity contribution in [3.8, 4) is 22.5 Å². The molecule has 2 aromatic heterocycles. The lowest BCUT2D eigenvalue weighted by Gasteiger charge is -2.07. The predicted molar refractivity (Wildman–Crippen MR) is 90.4 cm³/mol. The number of benzene rings is 2. The number of nitrogens with zero attached hydrogens (tertiary/aromatic N) is 2. The third kappa shape index (κ3) is 2.25. The third-order valence-corrected chi connectivity index (χ3v) is 3.78. The Morgan fingerprint density at radius 1 is 0.591 bits per heavy atom. The van der Waals surface area contributed by atoms with Gasteiger partial charge in [-0.05, 0) is 23.6 Å². The molecule has 4 rings (SSSR count). The van der Waals surface area contributed by atoms with Gasteiger partial charge in [0.15, 0.2) is 0 Å². The zero-order valence-electron chi connectivity index (χ0n) is 12.0. The first-order valence-electron chi connectivity index (χ1n) is 7.27. The maximum Gasteiger partial charge on any atom is 0.0781 e. The van der Waals surface area contributed by atoms with Crippen LogP contribution in [0.15, 0.2) is 85.2 Å². The van der Waals surface area contributed by atoms with E-state index in [-0.39, 0.29) is 0 Å². The summed E-state index contributed by atoms with van der Waals surface area (Å²) in [6.45, 7) is 0. The molecule has 4 aromatic rings. The van der Waals surface area contributed by atoms with Crippen molar-refractivity contribution in [1.82, 2.24) is 9.97 Å². The molecule has 0 amide bonds. The van der Waals surface area contributed by atoms with Gasteiger partial charge in [-0.25, -0.2) is 0 Å². The van der Waals surface area contributed by atoms with Gasteiger partial charge in [0.2, 0.25) is 0 Å². The molecule has 0 saturated heterocycles. The van der Waals surface area contributed by atoms with Gasteiger partial charge in [-0.1, -0.05) is 54.6 Å². The molecule has 22 heavy (non-hydrogen) atoms. The highest BCUT2D eigenvalue weighted by atomic mass is 14.7. The molecule has 0 aliphatic heterocycles. The number of hydrogen-bond donors (Lipinski definition) is 0. The van der Waals surface area contributed by atoms with Crippen molar-refractivity contribution in [2.45, 2.75) is 0 Å². The standard InChI is InChI=1S/C20H14N2/c1-2-7-16(8-3-1)19-14-17(11-12-21-19)20-18-9-5-4-6-15(18)10-13-22-20/h1-14H. The fraction of sp³-hybridized carbons (Fsp3) is 0. The second kappa shape index (κ2) is 5.41. The average molecular weight is 282 g/mol. The minimum atomic E-state index is 0.966. The van der Waals surface area contributed by atoms with Gasteiger partial charge in [0.1, 0.15) is 0 Å². The Morgan fingerprint density at radius 3 is 2.27 bits per heavy atom. The Morgan fingerprint density at radius 2 is 1.36 bits per heavy atom. The molecule has 0 aliphatic rings. The van der Waals surface area contributed by atoms with Crippen LogP contribution >= 0.6 is 0 Å². The monoisotopic (exact) mass is 282 g/mol. The molecule has 0 radical (unpaired) electrons. The highest BCUT2D eigenvalue weighted by Crippen LogP contribution is 2.28. The van der Waals surface area contributed by atoms with E-state index in [2.05, 4.69) is 40.3 Å². The van der Waals surface area contributed by atoms with Gasteiger partial charge in [0.25, 0.3) is 0 Å². The molecule has 0 bridgehead atoms. The van der Waals surface area contributed by atoms with E-state index in [1.165, 1.54) is 5.39 Å². The van der Waals surface area contributed by atoms with Crippen LogP contribution in [0.5, 0.6) is 0 Å². The lowest BCUT2D eigenvalue weighted by Crippen LogP contribution is -1.89. The zero-order chi connectivity index (χ0) is 14.8. The van der Waals surface area contributed by atoms with Gasteiger partial charge in [0.05, 0.1) is 11.4 Å². The summed E-state index contributed by atoms with van der Waals surface area (Å²) in [6, 6.07) is 24.7. The number of aromatic nitrogens is 2. The predicted octanol–water partition coefficient (Wildman–Crippen LogP) is 4.96. The summed E-state index contributed by atoms with van der Waals surface area (Å²) in [7, 11) is 0. The van der Waals surface area contributed by atoms with Gasteiger partial charge < -0.3 is 0 Å². The second-order valence-corrected chi connectivity index (χ2v) is 5.18. The summed E-state index contributed by atoms with van der Waals surface area (Å²) in [4.78, 5) is 9.07. The molecule has 2 heterocycles. The van der Waals surface area contributed by atoms with Crippen LogP contribution < -0.4 is 0 Å². The molecule has 0 N–H and O–H groups in total. The maximum absolute atomic E-state index is 4.58. The molecule has 2 heteroatoms. The molecular weight excluding hydrogens is 268 g/mol. The molecule has 2 aromatic carbocycles. The SMILES string of the molecule is c1ccc(-c2cc(-c3nccc4ccccc34)ccn2)cc1. The number of hydrogen-bond acceptors (Lipinski definition) is 2. The minimum absolute atomic E-state index is 0.966. The van der Waals surface area contributed by atoms with Gasteiger partial charge in [-0.3, -0.25) is 9.97 Å². The molecule has 0 atom stereocenters. The summed E-state index contributed by atoms with van der Waals surface area (Å²) >= 11 is 0. The van der Waals surface area contributed by atoms with E-state index < -0.39 is 0 Å². The van der Waals surface area contributed by atoms with Crippen LogP contribution in [0.3, 0.4) is 0 Å². The largest absolute Gasteiger partial charge is 0.256 e. The number of rotatable bonds is 2. The molecule has 2 nitrogen and oxygen atoms in total. The number of fused-ring (bicyclic) bond motifs is 1. The van der Waals surface area contributed by atoms with Crippen molar-refractivity contribution < 1.29 is 0 Å². The lowest BCUT2D eigenvalue weighted by atomic mass is 10.0. The Hall–Kier alpha value is -3.00. The maximum atomic E-state index is 4.58. The average Bonchev–Trinajstić information content (AvgIpc) is 2.62. The van der Waals surface area contributed by atoms with Crippen LogP contribution in [0.2, 0.25) is 0 Å². The molecular formula is C20H14N2. The van der Waals surface area contributed by atoms with E-state index in [1.807, 2.05) is 54.9 Å². The molecule has 104 valence electrons. The van der Waals surface area contributed by atoms with Crippen LogP contribution in [0.4, 0.5) is 0 Å². The van der Waals surface area contributed by atoms with Crippen LogP contribution in [-0.2, 0) is 0 Å². The minimum Gasteiger partial charge on any atom is -0.256 e. The van der Waals surface area contributed by atoms with Crippen molar-refractivity contribution in [2.24, 2.45) is 0 Å². The summed E-state index contributed by atoms with van der Waals surface area (Å²) in [6.07, 6.45) is 3.71. The first kappa shape index (κ1) is 12.7. The van der Waals surface area contributed by atoms with Gasteiger partial charge >= 0.3 is 0 Å². The molecule has 0 fully saturated rings. The van der Waals surface area contributed by atoms with Crippen molar-refractivity contribution in [3.63, 3.8) is 0 Å². The first-order valence-corrected chi connectivity index (χ1v) is 7.27. The van der Waals surface area contributed by atoms with Crippen molar-refractivity contribution >= 4 is 10.8 Å². The molecule has 0 unspecified atom stereocenters. The summed E-state index contributed by atoms with van der Waals surface area (Å²) in [5.74, 6) is 0. The van der Waals surface area contributed by atoms with E-state index >= 15 is 0 Å². The van der Waals surface area contributed by atoms with Crippen molar-refractivity contribution in [2.75, 3.05) is 0 Å². The highest BCUT2D eigenvalue weighted by Gasteiger charge is 2.07. The Labute approximate surface area is 129 Å². The fourth-order valence-corrected chi connectivity index (χ4v) is 2.69. The Bertz CT molecular complexity index is 925. The van der Waals surface area contributed by atoms with Gasteiger partial charge in [0, 0.05) is 28.9 Å². The molecule has 0 aliphatic carbocycles. The van der Waals surface area contributed by atoms with Gasteiger partial charge in [-0.15, -0.1) is 0 Å². The summed E-state index contributed by atoms with van der Waals surface area (Å²) in [5, 5.41) is 2.36. The van der Waals surface area contributed by atoms with E-state index in [4.69, 9.17) is 0 Å². The quantitative estimate of drug-likeness (QED) is 0.519. The normalized spacial score (nSPS) is 10.7. The van der Waals surface area contributed by atoms with E-state index in [0.29, 0.717) is 0 Å². The Balaban J connectivity index is 1.89. The first-order chi connectivity index (χ1) is 10.9. The van der Waals surface area contributed by atoms with E-state index in [1.54, 1.807) is 0 Å². The summed E-state index contributed by atoms with van der Waals surface area (Å²) in [5.41, 5.74) is 4.17. The van der Waals surface area contributed by atoms with Crippen molar-refractivity contribution in [1.29, 1.82) is 0 Å². The van der Waals surface area contributed by atoms with Crippen LogP contribution in [-0.4, -0.2) is 9.97 Å². The van der Waals surface area contributed by atoms with Crippen LogP contribution in [0.1, 0.15) is 0 Å². The van der Waals surface area contributed by atoms with Gasteiger partial charge in [-0.2, -0.15) is 0 Å². The third-order valence-electron chi connectivity index (χ3n) is 3.78. The van der Waals surface area contributed by atoms with Crippen LogP contribution in [0, 0.1) is 0 Å². The van der Waals surface area contributed by atoms with E-state index in [0.717, 1.165) is 27.9 Å². The van der Waals surface area contributed by atoms with Crippen molar-refractivity contribution in [3.05, 3.63) is 85.2 Å². The Kier molecular flexibility index (Phi) is 3.13. The molecule has 0 saturated carbocycles. The smallest absolute Gasteiger partial charge is 0.0781 e. The number of pyridine rings is 2. The molecule has 0 spiro atoms. The lowest BCUT2D eigenvalue weighted by molar-refractivity contribution is 1.30.